The molecule has 1 aliphatic heterocycles. The first-order valence-electron chi connectivity index (χ1n) is 6.65. The summed E-state index contributed by atoms with van der Waals surface area (Å²) in [6.45, 7) is 2.47. The summed E-state index contributed by atoms with van der Waals surface area (Å²) in [4.78, 5) is 25.3. The second kappa shape index (κ2) is 6.62. The van der Waals surface area contributed by atoms with Crippen molar-refractivity contribution in [2.45, 2.75) is 32.4 Å². The van der Waals surface area contributed by atoms with Crippen LogP contribution in [0, 0.1) is 5.82 Å². The maximum absolute atomic E-state index is 13.2. The van der Waals surface area contributed by atoms with Crippen molar-refractivity contribution >= 4 is 35.0 Å². The number of nitrogens with zero attached hydrogens (tertiary/aromatic N) is 1. The number of carbonyl (C=O) groups is 2. The van der Waals surface area contributed by atoms with Gasteiger partial charge in [-0.15, -0.1) is 0 Å². The predicted octanol–water partition coefficient (Wildman–Crippen LogP) is 2.76. The number of nitrogens with one attached hydrogen (secondary N) is 1. The molecule has 2 amide bonds. The second-order valence-electron chi connectivity index (χ2n) is 4.79. The number of carbonyl (C=O) groups excluding carboxylic acids is 2. The van der Waals surface area contributed by atoms with E-state index < -0.39 is 11.9 Å². The Morgan fingerprint density at radius 2 is 2.14 bits per heavy atom. The van der Waals surface area contributed by atoms with Crippen LogP contribution in [0.4, 0.5) is 4.39 Å². The maximum Gasteiger partial charge on any atom is 0.243 e. The van der Waals surface area contributed by atoms with Gasteiger partial charge in [-0.2, -0.15) is 0 Å². The first-order chi connectivity index (χ1) is 9.95. The molecule has 0 aliphatic carbocycles. The molecule has 7 heteroatoms. The van der Waals surface area contributed by atoms with Crippen LogP contribution in [0.15, 0.2) is 12.1 Å². The Morgan fingerprint density at radius 1 is 1.43 bits per heavy atom. The molecule has 0 spiro atoms. The highest BCUT2D eigenvalue weighted by atomic mass is 35.5. The molecule has 1 aromatic carbocycles. The Bertz CT molecular complexity index is 580. The summed E-state index contributed by atoms with van der Waals surface area (Å²) in [7, 11) is 0. The second-order valence-corrected chi connectivity index (χ2v) is 5.54. The third kappa shape index (κ3) is 3.30. The predicted molar refractivity (Wildman–Crippen MR) is 78.7 cm³/mol. The molecular formula is C14H15Cl2FN2O2. The zero-order valence-corrected chi connectivity index (χ0v) is 13.0. The third-order valence-corrected chi connectivity index (χ3v) is 4.44. The molecule has 0 unspecified atom stereocenters. The van der Waals surface area contributed by atoms with Crippen molar-refractivity contribution in [1.29, 1.82) is 0 Å². The average molecular weight is 333 g/mol. The van der Waals surface area contributed by atoms with Crippen molar-refractivity contribution in [3.8, 4) is 0 Å². The van der Waals surface area contributed by atoms with Crippen LogP contribution in [-0.4, -0.2) is 29.3 Å². The monoisotopic (exact) mass is 332 g/mol. The van der Waals surface area contributed by atoms with Crippen LogP contribution in [0.1, 0.15) is 25.3 Å². The van der Waals surface area contributed by atoms with Crippen LogP contribution >= 0.6 is 23.2 Å². The van der Waals surface area contributed by atoms with E-state index in [0.717, 1.165) is 0 Å². The van der Waals surface area contributed by atoms with Gasteiger partial charge in [-0.3, -0.25) is 9.59 Å². The quantitative estimate of drug-likeness (QED) is 0.862. The summed E-state index contributed by atoms with van der Waals surface area (Å²) in [6.07, 6.45) is 0.894. The van der Waals surface area contributed by atoms with E-state index >= 15 is 0 Å². The molecule has 1 fully saturated rings. The van der Waals surface area contributed by atoms with Gasteiger partial charge in [0.1, 0.15) is 11.9 Å². The summed E-state index contributed by atoms with van der Waals surface area (Å²) in [5.74, 6) is -0.852. The SMILES string of the molecule is CCN1C(=O)CC[C@H]1C(=O)NCc1ccc(F)c(Cl)c1Cl. The molecule has 21 heavy (non-hydrogen) atoms. The number of amides is 2. The molecule has 1 N–H and O–H groups in total. The largest absolute Gasteiger partial charge is 0.350 e. The lowest BCUT2D eigenvalue weighted by Crippen LogP contribution is -2.44. The third-order valence-electron chi connectivity index (χ3n) is 3.54. The van der Waals surface area contributed by atoms with Gasteiger partial charge in [-0.05, 0) is 25.0 Å². The fourth-order valence-corrected chi connectivity index (χ4v) is 2.81. The molecule has 0 bridgehead atoms. The van der Waals surface area contributed by atoms with Crippen molar-refractivity contribution in [3.05, 3.63) is 33.6 Å². The molecule has 114 valence electrons. The zero-order valence-electron chi connectivity index (χ0n) is 11.5. The number of rotatable bonds is 4. The maximum atomic E-state index is 13.2. The van der Waals surface area contributed by atoms with Crippen LogP contribution in [-0.2, 0) is 16.1 Å². The molecule has 1 aromatic rings. The van der Waals surface area contributed by atoms with E-state index in [4.69, 9.17) is 23.2 Å². The van der Waals surface area contributed by atoms with Gasteiger partial charge < -0.3 is 10.2 Å². The summed E-state index contributed by atoms with van der Waals surface area (Å²) >= 11 is 11.7. The number of hydrogen-bond acceptors (Lipinski definition) is 2. The van der Waals surface area contributed by atoms with E-state index in [1.807, 2.05) is 6.92 Å². The van der Waals surface area contributed by atoms with Crippen molar-refractivity contribution in [3.63, 3.8) is 0 Å². The lowest BCUT2D eigenvalue weighted by molar-refractivity contribution is -0.135. The fourth-order valence-electron chi connectivity index (χ4n) is 2.41. The van der Waals surface area contributed by atoms with Gasteiger partial charge in [0.2, 0.25) is 11.8 Å². The van der Waals surface area contributed by atoms with E-state index in [0.29, 0.717) is 24.9 Å². The fraction of sp³-hybridized carbons (Fsp3) is 0.429. The summed E-state index contributed by atoms with van der Waals surface area (Å²) in [6, 6.07) is 2.23. The van der Waals surface area contributed by atoms with Crippen molar-refractivity contribution in [2.24, 2.45) is 0 Å². The molecule has 0 radical (unpaired) electrons. The molecule has 1 atom stereocenters. The Labute approximate surface area is 132 Å². The van der Waals surface area contributed by atoms with Gasteiger partial charge in [0.05, 0.1) is 10.0 Å². The highest BCUT2D eigenvalue weighted by Gasteiger charge is 2.34. The zero-order chi connectivity index (χ0) is 15.6. The molecule has 1 heterocycles. The van der Waals surface area contributed by atoms with E-state index in [1.165, 1.54) is 12.1 Å². The summed E-state index contributed by atoms with van der Waals surface area (Å²) in [5.41, 5.74) is 0.531. The van der Waals surface area contributed by atoms with Crippen molar-refractivity contribution < 1.29 is 14.0 Å². The van der Waals surface area contributed by atoms with Crippen LogP contribution in [0.2, 0.25) is 10.0 Å². The topological polar surface area (TPSA) is 49.4 Å². The molecule has 1 aliphatic rings. The van der Waals surface area contributed by atoms with Crippen LogP contribution < -0.4 is 5.32 Å². The molecule has 4 nitrogen and oxygen atoms in total. The minimum absolute atomic E-state index is 0.0134. The van der Waals surface area contributed by atoms with Gasteiger partial charge in [-0.25, -0.2) is 4.39 Å². The van der Waals surface area contributed by atoms with Gasteiger partial charge in [0.15, 0.2) is 0 Å². The normalized spacial score (nSPS) is 18.2. The van der Waals surface area contributed by atoms with E-state index in [1.54, 1.807) is 4.90 Å². The van der Waals surface area contributed by atoms with E-state index in [2.05, 4.69) is 5.32 Å². The van der Waals surface area contributed by atoms with E-state index in [-0.39, 0.29) is 28.4 Å². The van der Waals surface area contributed by atoms with Gasteiger partial charge in [0.25, 0.3) is 0 Å². The Morgan fingerprint density at radius 3 is 2.81 bits per heavy atom. The number of benzene rings is 1. The minimum Gasteiger partial charge on any atom is -0.350 e. The van der Waals surface area contributed by atoms with Crippen LogP contribution in [0.3, 0.4) is 0 Å². The first-order valence-corrected chi connectivity index (χ1v) is 7.40. The van der Waals surface area contributed by atoms with Gasteiger partial charge in [-0.1, -0.05) is 29.3 Å². The Kier molecular flexibility index (Phi) is 5.06. The Balaban J connectivity index is 2.02. The smallest absolute Gasteiger partial charge is 0.243 e. The van der Waals surface area contributed by atoms with Gasteiger partial charge in [0, 0.05) is 19.5 Å². The number of likely N-dealkylation sites (N-methyl/N-ethyl adjacent to an activating group) is 1. The standard InChI is InChI=1S/C14H15Cl2FN2O2/c1-2-19-10(5-6-11(19)20)14(21)18-7-8-3-4-9(17)13(16)12(8)15/h3-4,10H,2,5-7H2,1H3,(H,18,21)/t10-/m0/s1. The first kappa shape index (κ1) is 16.0. The number of hydrogen-bond donors (Lipinski definition) is 1. The summed E-state index contributed by atoms with van der Waals surface area (Å²) in [5, 5.41) is 2.65. The van der Waals surface area contributed by atoms with E-state index in [9.17, 15) is 14.0 Å². The Hall–Kier alpha value is -1.33. The average Bonchev–Trinajstić information content (AvgIpc) is 2.84. The molecule has 0 aromatic heterocycles. The molecule has 1 saturated heterocycles. The number of halogens is 3. The highest BCUT2D eigenvalue weighted by Crippen LogP contribution is 2.28. The van der Waals surface area contributed by atoms with Crippen molar-refractivity contribution in [2.75, 3.05) is 6.54 Å². The lowest BCUT2D eigenvalue weighted by Gasteiger charge is -2.22. The minimum atomic E-state index is -0.602. The van der Waals surface area contributed by atoms with Crippen molar-refractivity contribution in [1.82, 2.24) is 10.2 Å². The van der Waals surface area contributed by atoms with Crippen LogP contribution in [0.25, 0.3) is 0 Å². The molecule has 0 saturated carbocycles. The number of likely N-dealkylation sites (tertiary alicyclic amines) is 1. The molecular weight excluding hydrogens is 318 g/mol. The lowest BCUT2D eigenvalue weighted by atomic mass is 10.2. The molecule has 2 rings (SSSR count). The highest BCUT2D eigenvalue weighted by molar-refractivity contribution is 6.42. The van der Waals surface area contributed by atoms with Gasteiger partial charge >= 0.3 is 0 Å². The summed E-state index contributed by atoms with van der Waals surface area (Å²) < 4.78 is 13.2. The van der Waals surface area contributed by atoms with Crippen LogP contribution in [0.5, 0.6) is 0 Å².